The number of hydrogen-bond acceptors (Lipinski definition) is 1. The van der Waals surface area contributed by atoms with E-state index in [2.05, 4.69) is 24.6 Å². The van der Waals surface area contributed by atoms with E-state index in [1.807, 2.05) is 12.3 Å². The van der Waals surface area contributed by atoms with Crippen LogP contribution in [0.3, 0.4) is 0 Å². The first kappa shape index (κ1) is 12.2. The average molecular weight is 179 g/mol. The topological polar surface area (TPSA) is 12.4 Å². The molecule has 0 saturated heterocycles. The number of rotatable bonds is 8. The van der Waals surface area contributed by atoms with Gasteiger partial charge in [-0.15, -0.1) is 0 Å². The molecule has 0 atom stereocenters. The van der Waals surface area contributed by atoms with Gasteiger partial charge in [0.05, 0.1) is 0 Å². The van der Waals surface area contributed by atoms with E-state index in [0.29, 0.717) is 0 Å². The Bertz CT molecular complexity index is 157. The largest absolute Gasteiger partial charge is 0.297 e. The maximum absolute atomic E-state index is 4.30. The van der Waals surface area contributed by atoms with Crippen molar-refractivity contribution in [3.8, 4) is 0 Å². The van der Waals surface area contributed by atoms with Crippen LogP contribution in [0.25, 0.3) is 0 Å². The third-order valence-corrected chi connectivity index (χ3v) is 1.78. The Morgan fingerprint density at radius 1 is 1.23 bits per heavy atom. The highest BCUT2D eigenvalue weighted by Crippen LogP contribution is 1.98. The molecule has 0 rings (SSSR count). The zero-order chi connectivity index (χ0) is 9.78. The van der Waals surface area contributed by atoms with Crippen LogP contribution in [0.1, 0.15) is 39.0 Å². The van der Waals surface area contributed by atoms with Gasteiger partial charge >= 0.3 is 0 Å². The van der Waals surface area contributed by atoms with E-state index < -0.39 is 0 Å². The predicted octanol–water partition coefficient (Wildman–Crippen LogP) is 3.77. The van der Waals surface area contributed by atoms with E-state index in [0.717, 1.165) is 13.0 Å². The standard InChI is InChI=1S/C12H21N/c1-3-5-7-9-11-13-12-10-8-6-4-2/h3,5,7,11H,1,4,6,8-10,12H2,2H3. The fourth-order valence-corrected chi connectivity index (χ4v) is 1.03. The van der Waals surface area contributed by atoms with Gasteiger partial charge in [-0.25, -0.2) is 0 Å². The molecule has 0 aliphatic rings. The molecule has 0 amide bonds. The molecular formula is C12H21N. The molecule has 0 fully saturated rings. The highest BCUT2D eigenvalue weighted by molar-refractivity contribution is 5.59. The van der Waals surface area contributed by atoms with Crippen LogP contribution in [-0.2, 0) is 0 Å². The Morgan fingerprint density at radius 2 is 2.08 bits per heavy atom. The van der Waals surface area contributed by atoms with Crippen LogP contribution in [0, 0.1) is 0 Å². The van der Waals surface area contributed by atoms with Gasteiger partial charge in [0.15, 0.2) is 0 Å². The summed E-state index contributed by atoms with van der Waals surface area (Å²) in [5, 5.41) is 0. The molecule has 13 heavy (non-hydrogen) atoms. The van der Waals surface area contributed by atoms with Crippen LogP contribution < -0.4 is 0 Å². The molecule has 0 saturated carbocycles. The van der Waals surface area contributed by atoms with E-state index >= 15 is 0 Å². The third kappa shape index (κ3) is 11.1. The third-order valence-electron chi connectivity index (χ3n) is 1.78. The predicted molar refractivity (Wildman–Crippen MR) is 61.5 cm³/mol. The molecule has 0 aliphatic carbocycles. The number of allylic oxidation sites excluding steroid dienone is 3. The van der Waals surface area contributed by atoms with Crippen LogP contribution >= 0.6 is 0 Å². The fourth-order valence-electron chi connectivity index (χ4n) is 1.03. The van der Waals surface area contributed by atoms with Crippen molar-refractivity contribution in [2.75, 3.05) is 6.54 Å². The number of hydrogen-bond donors (Lipinski definition) is 0. The molecule has 0 radical (unpaired) electrons. The van der Waals surface area contributed by atoms with Gasteiger partial charge in [-0.1, -0.05) is 51.0 Å². The van der Waals surface area contributed by atoms with Crippen LogP contribution in [-0.4, -0.2) is 12.8 Å². The summed E-state index contributed by atoms with van der Waals surface area (Å²) in [7, 11) is 0. The lowest BCUT2D eigenvalue weighted by Gasteiger charge is -1.93. The minimum Gasteiger partial charge on any atom is -0.297 e. The van der Waals surface area contributed by atoms with Crippen LogP contribution in [0.2, 0.25) is 0 Å². The van der Waals surface area contributed by atoms with Crippen LogP contribution in [0.4, 0.5) is 0 Å². The van der Waals surface area contributed by atoms with Gasteiger partial charge < -0.3 is 0 Å². The second kappa shape index (κ2) is 11.2. The van der Waals surface area contributed by atoms with E-state index in [1.54, 1.807) is 6.08 Å². The van der Waals surface area contributed by atoms with Crippen molar-refractivity contribution < 1.29 is 0 Å². The molecule has 0 N–H and O–H groups in total. The molecule has 0 spiro atoms. The Labute approximate surface area is 82.3 Å². The van der Waals surface area contributed by atoms with Gasteiger partial charge in [-0.05, 0) is 6.42 Å². The number of aliphatic imine (C=N–C) groups is 1. The van der Waals surface area contributed by atoms with E-state index in [-0.39, 0.29) is 0 Å². The summed E-state index contributed by atoms with van der Waals surface area (Å²) in [6.07, 6.45) is 13.9. The maximum atomic E-state index is 4.30. The minimum atomic E-state index is 0.930. The lowest BCUT2D eigenvalue weighted by atomic mass is 10.2. The van der Waals surface area contributed by atoms with Gasteiger partial charge in [0.2, 0.25) is 0 Å². The fraction of sp³-hybridized carbons (Fsp3) is 0.583. The highest BCUT2D eigenvalue weighted by Gasteiger charge is 1.83. The van der Waals surface area contributed by atoms with E-state index in [4.69, 9.17) is 0 Å². The molecule has 0 heterocycles. The Morgan fingerprint density at radius 3 is 2.77 bits per heavy atom. The number of nitrogens with zero attached hydrogens (tertiary/aromatic N) is 1. The normalized spacial score (nSPS) is 11.5. The van der Waals surface area contributed by atoms with Crippen molar-refractivity contribution in [2.45, 2.75) is 39.0 Å². The Balaban J connectivity index is 3.12. The van der Waals surface area contributed by atoms with Crippen molar-refractivity contribution in [3.05, 3.63) is 24.8 Å². The van der Waals surface area contributed by atoms with Gasteiger partial charge in [-0.2, -0.15) is 0 Å². The molecule has 74 valence electrons. The first-order chi connectivity index (χ1) is 6.41. The Hall–Kier alpha value is -0.850. The summed E-state index contributed by atoms with van der Waals surface area (Å²) in [6.45, 7) is 6.81. The van der Waals surface area contributed by atoms with E-state index in [9.17, 15) is 0 Å². The van der Waals surface area contributed by atoms with Gasteiger partial charge in [-0.3, -0.25) is 4.99 Å². The molecule has 0 bridgehead atoms. The monoisotopic (exact) mass is 179 g/mol. The summed E-state index contributed by atoms with van der Waals surface area (Å²) < 4.78 is 0. The van der Waals surface area contributed by atoms with Gasteiger partial charge in [0, 0.05) is 19.2 Å². The van der Waals surface area contributed by atoms with Crippen molar-refractivity contribution in [3.63, 3.8) is 0 Å². The van der Waals surface area contributed by atoms with Crippen LogP contribution in [0.5, 0.6) is 0 Å². The van der Waals surface area contributed by atoms with Crippen LogP contribution in [0.15, 0.2) is 29.8 Å². The zero-order valence-electron chi connectivity index (χ0n) is 8.71. The zero-order valence-corrected chi connectivity index (χ0v) is 8.71. The summed E-state index contributed by atoms with van der Waals surface area (Å²) >= 11 is 0. The first-order valence-corrected chi connectivity index (χ1v) is 5.17. The highest BCUT2D eigenvalue weighted by atomic mass is 14.7. The van der Waals surface area contributed by atoms with Gasteiger partial charge in [0.25, 0.3) is 0 Å². The second-order valence-corrected chi connectivity index (χ2v) is 3.05. The van der Waals surface area contributed by atoms with Crippen molar-refractivity contribution in [1.29, 1.82) is 0 Å². The maximum Gasteiger partial charge on any atom is 0.0385 e. The quantitative estimate of drug-likeness (QED) is 0.305. The lowest BCUT2D eigenvalue weighted by molar-refractivity contribution is 0.675. The van der Waals surface area contributed by atoms with Crippen molar-refractivity contribution >= 4 is 6.21 Å². The summed E-state index contributed by atoms with van der Waals surface area (Å²) in [5.74, 6) is 0. The molecule has 1 nitrogen and oxygen atoms in total. The SMILES string of the molecule is C=CC=CCC=NCCCCCC. The molecule has 0 unspecified atom stereocenters. The molecule has 1 heteroatoms. The number of unbranched alkanes of at least 4 members (excludes halogenated alkanes) is 3. The average Bonchev–Trinajstić information content (AvgIpc) is 2.16. The molecule has 0 aromatic carbocycles. The molecule has 0 aromatic heterocycles. The lowest BCUT2D eigenvalue weighted by Crippen LogP contribution is -1.82. The van der Waals surface area contributed by atoms with Gasteiger partial charge in [0.1, 0.15) is 0 Å². The first-order valence-electron chi connectivity index (χ1n) is 5.17. The summed E-state index contributed by atoms with van der Waals surface area (Å²) in [4.78, 5) is 4.30. The molecule has 0 aromatic rings. The van der Waals surface area contributed by atoms with Crippen molar-refractivity contribution in [2.24, 2.45) is 4.99 Å². The minimum absolute atomic E-state index is 0.930. The summed E-state index contributed by atoms with van der Waals surface area (Å²) in [5.41, 5.74) is 0. The summed E-state index contributed by atoms with van der Waals surface area (Å²) in [6, 6.07) is 0. The molecular weight excluding hydrogens is 158 g/mol. The molecule has 0 aliphatic heterocycles. The Kier molecular flexibility index (Phi) is 10.4. The van der Waals surface area contributed by atoms with E-state index in [1.165, 1.54) is 25.7 Å². The van der Waals surface area contributed by atoms with Crippen molar-refractivity contribution in [1.82, 2.24) is 0 Å². The smallest absolute Gasteiger partial charge is 0.0385 e. The second-order valence-electron chi connectivity index (χ2n) is 3.05.